The van der Waals surface area contributed by atoms with Crippen LogP contribution >= 0.6 is 0 Å². The fourth-order valence-corrected chi connectivity index (χ4v) is 3.24. The smallest absolute Gasteiger partial charge is 0.227 e. The van der Waals surface area contributed by atoms with E-state index < -0.39 is 0 Å². The molecule has 0 bridgehead atoms. The number of nitrogens with zero attached hydrogens (tertiary/aromatic N) is 6. The SMILES string of the molecule is COc1ccc(Cn2cc(NC(=O)C3CCc4nnnn4CC3)cn2)cc1. The van der Waals surface area contributed by atoms with Crippen molar-refractivity contribution in [3.8, 4) is 5.75 Å². The van der Waals surface area contributed by atoms with E-state index in [1.165, 1.54) is 0 Å². The number of anilines is 1. The van der Waals surface area contributed by atoms with Crippen LogP contribution in [0.5, 0.6) is 5.75 Å². The van der Waals surface area contributed by atoms with Crippen LogP contribution < -0.4 is 10.1 Å². The molecule has 0 radical (unpaired) electrons. The van der Waals surface area contributed by atoms with E-state index in [2.05, 4.69) is 25.9 Å². The van der Waals surface area contributed by atoms with E-state index in [0.29, 0.717) is 25.2 Å². The van der Waals surface area contributed by atoms with Crippen molar-refractivity contribution >= 4 is 11.6 Å². The van der Waals surface area contributed by atoms with Crippen LogP contribution in [0.1, 0.15) is 24.2 Å². The first-order valence-corrected chi connectivity index (χ1v) is 8.92. The van der Waals surface area contributed by atoms with Gasteiger partial charge < -0.3 is 10.1 Å². The summed E-state index contributed by atoms with van der Waals surface area (Å²) in [6.45, 7) is 1.29. The summed E-state index contributed by atoms with van der Waals surface area (Å²) in [6, 6.07) is 7.83. The molecule has 1 aliphatic heterocycles. The highest BCUT2D eigenvalue weighted by Gasteiger charge is 2.24. The number of methoxy groups -OCH3 is 1. The van der Waals surface area contributed by atoms with E-state index in [1.54, 1.807) is 22.7 Å². The molecule has 1 amide bonds. The van der Waals surface area contributed by atoms with Gasteiger partial charge >= 0.3 is 0 Å². The Morgan fingerprint density at radius 3 is 2.96 bits per heavy atom. The zero-order valence-electron chi connectivity index (χ0n) is 15.1. The number of hydrogen-bond donors (Lipinski definition) is 1. The molecule has 2 aromatic heterocycles. The van der Waals surface area contributed by atoms with Crippen molar-refractivity contribution in [1.82, 2.24) is 30.0 Å². The summed E-state index contributed by atoms with van der Waals surface area (Å²) in [5.74, 6) is 1.61. The van der Waals surface area contributed by atoms with E-state index in [1.807, 2.05) is 30.5 Å². The van der Waals surface area contributed by atoms with E-state index in [-0.39, 0.29) is 11.8 Å². The number of carbonyl (C=O) groups excluding carboxylic acids is 1. The maximum Gasteiger partial charge on any atom is 0.227 e. The Balaban J connectivity index is 1.34. The minimum absolute atomic E-state index is 0.0118. The summed E-state index contributed by atoms with van der Waals surface area (Å²) in [5.41, 5.74) is 1.81. The Morgan fingerprint density at radius 1 is 1.30 bits per heavy atom. The van der Waals surface area contributed by atoms with Gasteiger partial charge in [0.15, 0.2) is 5.82 Å². The highest BCUT2D eigenvalue weighted by atomic mass is 16.5. The quantitative estimate of drug-likeness (QED) is 0.734. The number of aryl methyl sites for hydroxylation is 2. The molecular formula is C18H21N7O2. The van der Waals surface area contributed by atoms with Crippen molar-refractivity contribution in [2.24, 2.45) is 5.92 Å². The third kappa shape index (κ3) is 3.97. The topological polar surface area (TPSA) is 99.7 Å². The average Bonchev–Trinajstić information content (AvgIpc) is 3.27. The minimum atomic E-state index is -0.0709. The molecule has 1 N–H and O–H groups in total. The molecule has 27 heavy (non-hydrogen) atoms. The maximum atomic E-state index is 12.6. The van der Waals surface area contributed by atoms with Crippen LogP contribution in [0.15, 0.2) is 36.7 Å². The van der Waals surface area contributed by atoms with Crippen molar-refractivity contribution in [1.29, 1.82) is 0 Å². The fraction of sp³-hybridized carbons (Fsp3) is 0.389. The fourth-order valence-electron chi connectivity index (χ4n) is 3.24. The summed E-state index contributed by atoms with van der Waals surface area (Å²) in [5, 5.41) is 18.9. The molecule has 1 aliphatic rings. The first-order chi connectivity index (χ1) is 13.2. The van der Waals surface area contributed by atoms with Gasteiger partial charge in [0.25, 0.3) is 0 Å². The van der Waals surface area contributed by atoms with Gasteiger partial charge in [-0.1, -0.05) is 12.1 Å². The molecular weight excluding hydrogens is 346 g/mol. The van der Waals surface area contributed by atoms with Crippen LogP contribution in [0.4, 0.5) is 5.69 Å². The van der Waals surface area contributed by atoms with Crippen LogP contribution in [0.2, 0.25) is 0 Å². The summed E-state index contributed by atoms with van der Waals surface area (Å²) in [6.07, 6.45) is 5.70. The largest absolute Gasteiger partial charge is 0.497 e. The highest BCUT2D eigenvalue weighted by molar-refractivity contribution is 5.92. The van der Waals surface area contributed by atoms with Gasteiger partial charge in [-0.3, -0.25) is 9.48 Å². The monoisotopic (exact) mass is 367 g/mol. The number of hydrogen-bond acceptors (Lipinski definition) is 6. The van der Waals surface area contributed by atoms with Crippen molar-refractivity contribution < 1.29 is 9.53 Å². The van der Waals surface area contributed by atoms with Crippen LogP contribution in [-0.4, -0.2) is 43.0 Å². The summed E-state index contributed by atoms with van der Waals surface area (Å²) in [7, 11) is 1.65. The van der Waals surface area contributed by atoms with E-state index in [0.717, 1.165) is 30.0 Å². The minimum Gasteiger partial charge on any atom is -0.497 e. The van der Waals surface area contributed by atoms with Gasteiger partial charge in [-0.15, -0.1) is 5.10 Å². The van der Waals surface area contributed by atoms with E-state index in [9.17, 15) is 4.79 Å². The standard InChI is InChI=1S/C18H21N7O2/c1-27-16-5-2-13(3-6-16)11-24-12-15(10-19-24)20-18(26)14-4-7-17-21-22-23-25(17)9-8-14/h2-3,5-6,10,12,14H,4,7-9,11H2,1H3,(H,20,26). The van der Waals surface area contributed by atoms with Crippen LogP contribution in [0.3, 0.4) is 0 Å². The van der Waals surface area contributed by atoms with Gasteiger partial charge in [0.05, 0.1) is 25.5 Å². The van der Waals surface area contributed by atoms with Crippen LogP contribution in [0, 0.1) is 5.92 Å². The molecule has 140 valence electrons. The molecule has 1 unspecified atom stereocenters. The number of tetrazole rings is 1. The first-order valence-electron chi connectivity index (χ1n) is 8.92. The highest BCUT2D eigenvalue weighted by Crippen LogP contribution is 2.20. The molecule has 3 heterocycles. The Bertz CT molecular complexity index is 893. The van der Waals surface area contributed by atoms with Crippen molar-refractivity contribution in [3.05, 3.63) is 48.0 Å². The van der Waals surface area contributed by atoms with Gasteiger partial charge in [-0.25, -0.2) is 4.68 Å². The lowest BCUT2D eigenvalue weighted by atomic mass is 9.99. The van der Waals surface area contributed by atoms with E-state index in [4.69, 9.17) is 4.74 Å². The zero-order chi connectivity index (χ0) is 18.6. The Morgan fingerprint density at radius 2 is 2.15 bits per heavy atom. The molecule has 0 fully saturated rings. The molecule has 9 heteroatoms. The first kappa shape index (κ1) is 17.2. The number of benzene rings is 1. The Kier molecular flexibility index (Phi) is 4.82. The molecule has 1 aromatic carbocycles. The second kappa shape index (κ2) is 7.56. The molecule has 1 atom stereocenters. The molecule has 0 spiro atoms. The van der Waals surface area contributed by atoms with Crippen molar-refractivity contribution in [2.75, 3.05) is 12.4 Å². The van der Waals surface area contributed by atoms with Gasteiger partial charge in [0.1, 0.15) is 5.75 Å². The second-order valence-electron chi connectivity index (χ2n) is 6.61. The third-order valence-corrected chi connectivity index (χ3v) is 4.79. The summed E-state index contributed by atoms with van der Waals surface area (Å²) >= 11 is 0. The van der Waals surface area contributed by atoms with Crippen molar-refractivity contribution in [2.45, 2.75) is 32.4 Å². The number of rotatable bonds is 5. The Hall–Kier alpha value is -3.23. The van der Waals surface area contributed by atoms with Gasteiger partial charge in [0, 0.05) is 25.1 Å². The molecule has 9 nitrogen and oxygen atoms in total. The molecule has 0 saturated heterocycles. The number of amides is 1. The molecule has 0 aliphatic carbocycles. The number of aromatic nitrogens is 6. The third-order valence-electron chi connectivity index (χ3n) is 4.79. The lowest BCUT2D eigenvalue weighted by Crippen LogP contribution is -2.23. The summed E-state index contributed by atoms with van der Waals surface area (Å²) < 4.78 is 8.75. The number of carbonyl (C=O) groups is 1. The number of fused-ring (bicyclic) bond motifs is 1. The van der Waals surface area contributed by atoms with Crippen molar-refractivity contribution in [3.63, 3.8) is 0 Å². The van der Waals surface area contributed by atoms with Crippen LogP contribution in [-0.2, 0) is 24.3 Å². The van der Waals surface area contributed by atoms with Gasteiger partial charge in [-0.2, -0.15) is 5.10 Å². The number of nitrogens with one attached hydrogen (secondary N) is 1. The van der Waals surface area contributed by atoms with Gasteiger partial charge in [-0.05, 0) is 41.0 Å². The molecule has 3 aromatic rings. The van der Waals surface area contributed by atoms with Crippen LogP contribution in [0.25, 0.3) is 0 Å². The zero-order valence-corrected chi connectivity index (χ0v) is 15.1. The van der Waals surface area contributed by atoms with E-state index >= 15 is 0 Å². The second-order valence-corrected chi connectivity index (χ2v) is 6.61. The predicted octanol–water partition coefficient (Wildman–Crippen LogP) is 1.52. The molecule has 4 rings (SSSR count). The lowest BCUT2D eigenvalue weighted by Gasteiger charge is -2.12. The Labute approximate surface area is 156 Å². The normalized spacial score (nSPS) is 16.4. The predicted molar refractivity (Wildman–Crippen MR) is 97.2 cm³/mol. The number of ether oxygens (including phenoxy) is 1. The average molecular weight is 367 g/mol. The molecule has 0 saturated carbocycles. The van der Waals surface area contributed by atoms with Gasteiger partial charge in [0.2, 0.25) is 5.91 Å². The lowest BCUT2D eigenvalue weighted by molar-refractivity contribution is -0.120. The summed E-state index contributed by atoms with van der Waals surface area (Å²) in [4.78, 5) is 12.6. The maximum absolute atomic E-state index is 12.6.